The van der Waals surface area contributed by atoms with Crippen molar-refractivity contribution < 1.29 is 9.53 Å². The van der Waals surface area contributed by atoms with Gasteiger partial charge in [-0.05, 0) is 19.1 Å². The normalized spacial score (nSPS) is 10.9. The van der Waals surface area contributed by atoms with Crippen molar-refractivity contribution >= 4 is 33.7 Å². The van der Waals surface area contributed by atoms with Crippen molar-refractivity contribution in [2.45, 2.75) is 39.7 Å². The molecule has 1 aromatic carbocycles. The Kier molecular flexibility index (Phi) is 5.95. The zero-order valence-corrected chi connectivity index (χ0v) is 16.5. The Bertz CT molecular complexity index is 871. The number of aromatic nitrogens is 3. The number of carbonyl (C=O) groups is 1. The minimum atomic E-state index is -0.146. The summed E-state index contributed by atoms with van der Waals surface area (Å²) < 4.78 is 5.72. The third-order valence-electron chi connectivity index (χ3n) is 3.51. The Morgan fingerprint density at radius 3 is 2.69 bits per heavy atom. The number of rotatable bonds is 7. The van der Waals surface area contributed by atoms with E-state index in [0.717, 1.165) is 21.5 Å². The predicted octanol–water partition coefficient (Wildman–Crippen LogP) is 4.19. The fourth-order valence-corrected chi connectivity index (χ4v) is 3.59. The number of amides is 1. The number of aryl methyl sites for hydroxylation is 1. The zero-order valence-electron chi connectivity index (χ0n) is 14.9. The van der Waals surface area contributed by atoms with Gasteiger partial charge in [-0.2, -0.15) is 0 Å². The third-order valence-corrected chi connectivity index (χ3v) is 5.52. The number of thiazole rings is 1. The highest BCUT2D eigenvalue weighted by Crippen LogP contribution is 2.22. The van der Waals surface area contributed by atoms with Crippen LogP contribution in [0, 0.1) is 6.92 Å². The molecule has 136 valence electrons. The van der Waals surface area contributed by atoms with Crippen molar-refractivity contribution in [3.8, 4) is 5.75 Å². The molecule has 0 fully saturated rings. The van der Waals surface area contributed by atoms with E-state index in [1.165, 1.54) is 28.2 Å². The zero-order chi connectivity index (χ0) is 18.5. The van der Waals surface area contributed by atoms with E-state index in [1.54, 1.807) is 0 Å². The molecule has 26 heavy (non-hydrogen) atoms. The molecule has 0 unspecified atom stereocenters. The van der Waals surface area contributed by atoms with Gasteiger partial charge < -0.3 is 10.1 Å². The summed E-state index contributed by atoms with van der Waals surface area (Å²) in [5.41, 5.74) is 1.92. The molecule has 0 aliphatic carbocycles. The van der Waals surface area contributed by atoms with Crippen LogP contribution in [0.15, 0.2) is 29.6 Å². The fourth-order valence-electron chi connectivity index (χ4n) is 2.12. The maximum absolute atomic E-state index is 12.1. The monoisotopic (exact) mass is 388 g/mol. The summed E-state index contributed by atoms with van der Waals surface area (Å²) in [7, 11) is 0. The number of anilines is 1. The minimum absolute atomic E-state index is 0.146. The molecule has 0 radical (unpaired) electrons. The van der Waals surface area contributed by atoms with Crippen LogP contribution in [0.3, 0.4) is 0 Å². The Balaban J connectivity index is 1.50. The van der Waals surface area contributed by atoms with E-state index in [9.17, 15) is 4.79 Å². The van der Waals surface area contributed by atoms with Gasteiger partial charge in [0.15, 0.2) is 0 Å². The molecule has 2 aromatic heterocycles. The first-order valence-electron chi connectivity index (χ1n) is 8.25. The molecule has 1 N–H and O–H groups in total. The topological polar surface area (TPSA) is 77.0 Å². The number of nitrogens with one attached hydrogen (secondary N) is 1. The molecule has 0 saturated carbocycles. The van der Waals surface area contributed by atoms with E-state index in [2.05, 4.69) is 20.5 Å². The molecule has 0 atom stereocenters. The lowest BCUT2D eigenvalue weighted by Gasteiger charge is -2.03. The van der Waals surface area contributed by atoms with Gasteiger partial charge in [0.25, 0.3) is 0 Å². The Morgan fingerprint density at radius 1 is 1.23 bits per heavy atom. The molecule has 3 rings (SSSR count). The van der Waals surface area contributed by atoms with Crippen molar-refractivity contribution in [3.63, 3.8) is 0 Å². The van der Waals surface area contributed by atoms with Crippen LogP contribution in [0.1, 0.15) is 41.0 Å². The average Bonchev–Trinajstić information content (AvgIpc) is 3.24. The highest BCUT2D eigenvalue weighted by Gasteiger charge is 2.12. The second-order valence-electron chi connectivity index (χ2n) is 6.16. The van der Waals surface area contributed by atoms with Gasteiger partial charge in [0.1, 0.15) is 22.4 Å². The van der Waals surface area contributed by atoms with Crippen LogP contribution >= 0.6 is 22.7 Å². The van der Waals surface area contributed by atoms with Crippen molar-refractivity contribution in [1.82, 2.24) is 15.2 Å². The van der Waals surface area contributed by atoms with Crippen LogP contribution in [-0.4, -0.2) is 21.1 Å². The molecule has 0 aliphatic rings. The van der Waals surface area contributed by atoms with E-state index >= 15 is 0 Å². The Hall–Kier alpha value is -2.32. The molecule has 1 amide bonds. The number of hydrogen-bond donors (Lipinski definition) is 1. The summed E-state index contributed by atoms with van der Waals surface area (Å²) in [6.07, 6.45) is 0.206. The van der Waals surface area contributed by atoms with E-state index in [4.69, 9.17) is 4.74 Å². The minimum Gasteiger partial charge on any atom is -0.486 e. The van der Waals surface area contributed by atoms with Crippen molar-refractivity contribution in [2.24, 2.45) is 0 Å². The lowest BCUT2D eigenvalue weighted by molar-refractivity contribution is -0.115. The van der Waals surface area contributed by atoms with Crippen LogP contribution in [0.2, 0.25) is 0 Å². The summed E-state index contributed by atoms with van der Waals surface area (Å²) in [5.74, 6) is 0.961. The predicted molar refractivity (Wildman–Crippen MR) is 104 cm³/mol. The highest BCUT2D eigenvalue weighted by molar-refractivity contribution is 7.15. The summed E-state index contributed by atoms with van der Waals surface area (Å²) in [4.78, 5) is 16.6. The van der Waals surface area contributed by atoms with Crippen molar-refractivity contribution in [1.29, 1.82) is 0 Å². The molecule has 0 saturated heterocycles. The average molecular weight is 389 g/mol. The standard InChI is InChI=1S/C18H20N4O2S2/c1-11(2)17-21-22-18(26-17)20-15(23)8-13-10-25-16(19-13)9-24-14-6-4-12(3)5-7-14/h4-7,10-11H,8-9H2,1-3H3,(H,20,22,23). The van der Waals surface area contributed by atoms with Gasteiger partial charge in [-0.25, -0.2) is 4.98 Å². The lowest BCUT2D eigenvalue weighted by Crippen LogP contribution is -2.14. The number of benzene rings is 1. The van der Waals surface area contributed by atoms with Crippen LogP contribution in [0.25, 0.3) is 0 Å². The molecule has 8 heteroatoms. The van der Waals surface area contributed by atoms with Gasteiger partial charge in [0.2, 0.25) is 11.0 Å². The first kappa shape index (κ1) is 18.5. The van der Waals surface area contributed by atoms with Gasteiger partial charge in [0.05, 0.1) is 12.1 Å². The van der Waals surface area contributed by atoms with Gasteiger partial charge in [-0.1, -0.05) is 42.9 Å². The van der Waals surface area contributed by atoms with Gasteiger partial charge in [0, 0.05) is 11.3 Å². The lowest BCUT2D eigenvalue weighted by atomic mass is 10.2. The summed E-state index contributed by atoms with van der Waals surface area (Å²) >= 11 is 2.89. The molecule has 0 aliphatic heterocycles. The molecule has 3 aromatic rings. The van der Waals surface area contributed by atoms with Gasteiger partial charge >= 0.3 is 0 Å². The van der Waals surface area contributed by atoms with Crippen LogP contribution in [0.5, 0.6) is 5.75 Å². The first-order valence-corrected chi connectivity index (χ1v) is 9.95. The quantitative estimate of drug-likeness (QED) is 0.657. The van der Waals surface area contributed by atoms with Crippen LogP contribution < -0.4 is 10.1 Å². The fraction of sp³-hybridized carbons (Fsp3) is 0.333. The van der Waals surface area contributed by atoms with Crippen molar-refractivity contribution in [2.75, 3.05) is 5.32 Å². The Morgan fingerprint density at radius 2 is 2.00 bits per heavy atom. The van der Waals surface area contributed by atoms with Crippen LogP contribution in [0.4, 0.5) is 5.13 Å². The summed E-state index contributed by atoms with van der Waals surface area (Å²) in [5, 5.41) is 15.0. The maximum atomic E-state index is 12.1. The largest absolute Gasteiger partial charge is 0.486 e. The second kappa shape index (κ2) is 8.37. The van der Waals surface area contributed by atoms with Crippen molar-refractivity contribution in [3.05, 3.63) is 50.9 Å². The molecular weight excluding hydrogens is 368 g/mol. The second-order valence-corrected chi connectivity index (χ2v) is 8.11. The van der Waals surface area contributed by atoms with Gasteiger partial charge in [-0.3, -0.25) is 4.79 Å². The summed E-state index contributed by atoms with van der Waals surface area (Å²) in [6.45, 7) is 6.51. The molecule has 6 nitrogen and oxygen atoms in total. The van der Waals surface area contributed by atoms with E-state index in [-0.39, 0.29) is 12.3 Å². The smallest absolute Gasteiger partial charge is 0.232 e. The SMILES string of the molecule is Cc1ccc(OCc2nc(CC(=O)Nc3nnc(C(C)C)s3)cs2)cc1. The number of ether oxygens (including phenoxy) is 1. The molecule has 2 heterocycles. The van der Waals surface area contributed by atoms with E-state index in [1.807, 2.05) is 50.4 Å². The Labute approximate surface area is 160 Å². The van der Waals surface area contributed by atoms with Crippen LogP contribution in [-0.2, 0) is 17.8 Å². The number of hydrogen-bond acceptors (Lipinski definition) is 7. The summed E-state index contributed by atoms with van der Waals surface area (Å²) in [6, 6.07) is 7.88. The molecule has 0 spiro atoms. The molecule has 0 bridgehead atoms. The number of carbonyl (C=O) groups excluding carboxylic acids is 1. The van der Waals surface area contributed by atoms with Gasteiger partial charge in [-0.15, -0.1) is 21.5 Å². The molecular formula is C18H20N4O2S2. The number of nitrogens with zero attached hydrogens (tertiary/aromatic N) is 3. The maximum Gasteiger partial charge on any atom is 0.232 e. The van der Waals surface area contributed by atoms with E-state index < -0.39 is 0 Å². The highest BCUT2D eigenvalue weighted by atomic mass is 32.1. The first-order chi connectivity index (χ1) is 12.5. The third kappa shape index (κ3) is 5.09. The van der Waals surface area contributed by atoms with E-state index in [0.29, 0.717) is 17.7 Å².